The number of allylic oxidation sites excluding steroid dienone is 3. The van der Waals surface area contributed by atoms with E-state index in [1.165, 1.54) is 6.08 Å². The minimum absolute atomic E-state index is 0.00682. The first kappa shape index (κ1) is 44.7. The maximum absolute atomic E-state index is 13.7. The van der Waals surface area contributed by atoms with Crippen LogP contribution in [0.15, 0.2) is 84.6 Å². The number of ketones is 1. The molecule has 5 rings (SSSR count). The van der Waals surface area contributed by atoms with Crippen LogP contribution >= 0.6 is 0 Å². The van der Waals surface area contributed by atoms with E-state index in [0.29, 0.717) is 18.7 Å². The number of esters is 1. The molecule has 314 valence electrons. The highest BCUT2D eigenvalue weighted by atomic mass is 16.7. The number of aliphatic hydroxyl groups excluding tert-OH is 3. The van der Waals surface area contributed by atoms with E-state index in [-0.39, 0.29) is 31.0 Å². The Labute approximate surface area is 341 Å². The molecule has 0 radical (unpaired) electrons. The summed E-state index contributed by atoms with van der Waals surface area (Å²) in [5.74, 6) is -3.04. The minimum atomic E-state index is -1.28. The molecule has 0 spiro atoms. The Morgan fingerprint density at radius 3 is 2.28 bits per heavy atom. The normalized spacial score (nSPS) is 33.3. The summed E-state index contributed by atoms with van der Waals surface area (Å²) < 4.78 is 20.2. The predicted octanol–water partition coefficient (Wildman–Crippen LogP) is 5.04. The average molecular weight is 801 g/mol. The van der Waals surface area contributed by atoms with Gasteiger partial charge in [0.05, 0.1) is 49.6 Å². The zero-order valence-electron chi connectivity index (χ0n) is 34.6. The molecule has 0 aliphatic carbocycles. The van der Waals surface area contributed by atoms with Crippen molar-refractivity contribution < 1.29 is 43.9 Å². The Morgan fingerprint density at radius 2 is 1.62 bits per heavy atom. The monoisotopic (exact) mass is 800 g/mol. The van der Waals surface area contributed by atoms with Gasteiger partial charge in [-0.1, -0.05) is 98.3 Å². The predicted molar refractivity (Wildman–Crippen MR) is 219 cm³/mol. The van der Waals surface area contributed by atoms with Gasteiger partial charge in [0, 0.05) is 29.7 Å². The van der Waals surface area contributed by atoms with Crippen molar-refractivity contribution in [2.45, 2.75) is 116 Å². The van der Waals surface area contributed by atoms with E-state index in [0.717, 1.165) is 28.5 Å². The number of carbonyl (C=O) groups excluding carboxylic acids is 3. The first-order valence-electron chi connectivity index (χ1n) is 20.3. The molecule has 1 aromatic heterocycles. The smallest absolute Gasteiger partial charge is 0.308 e. The number of hydrogen-bond acceptors (Lipinski definition) is 12. The molecule has 1 saturated heterocycles. The third-order valence-electron chi connectivity index (χ3n) is 11.6. The molecule has 1 fully saturated rings. The lowest BCUT2D eigenvalue weighted by atomic mass is 9.79. The zero-order valence-corrected chi connectivity index (χ0v) is 34.6. The molecule has 3 aromatic rings. The van der Waals surface area contributed by atoms with Gasteiger partial charge >= 0.3 is 5.97 Å². The van der Waals surface area contributed by atoms with Gasteiger partial charge in [0.2, 0.25) is 0 Å². The van der Waals surface area contributed by atoms with E-state index in [1.54, 1.807) is 50.5 Å². The van der Waals surface area contributed by atoms with Crippen LogP contribution in [-0.4, -0.2) is 116 Å². The largest absolute Gasteiger partial charge is 0.462 e. The number of likely N-dealkylation sites (N-methyl/N-ethyl adjacent to an activating group) is 1. The van der Waals surface area contributed by atoms with E-state index in [2.05, 4.69) is 22.4 Å². The summed E-state index contributed by atoms with van der Waals surface area (Å²) in [6.07, 6.45) is 1.06. The number of ether oxygens (including phenoxy) is 3. The van der Waals surface area contributed by atoms with Gasteiger partial charge in [-0.15, -0.1) is 5.10 Å². The van der Waals surface area contributed by atoms with Crippen LogP contribution in [0.5, 0.6) is 0 Å². The molecule has 13 heteroatoms. The highest BCUT2D eigenvalue weighted by Gasteiger charge is 2.47. The number of carbonyl (C=O) groups is 3. The van der Waals surface area contributed by atoms with Crippen LogP contribution < -0.4 is 0 Å². The third kappa shape index (κ3) is 11.2. The van der Waals surface area contributed by atoms with Crippen LogP contribution in [-0.2, 0) is 35.1 Å². The lowest BCUT2D eigenvalue weighted by Gasteiger charge is -2.46. The summed E-state index contributed by atoms with van der Waals surface area (Å²) in [5.41, 5.74) is 4.57. The van der Waals surface area contributed by atoms with E-state index in [9.17, 15) is 29.7 Å². The van der Waals surface area contributed by atoms with Crippen molar-refractivity contribution in [1.29, 1.82) is 0 Å². The maximum atomic E-state index is 13.7. The molecule has 2 aliphatic rings. The van der Waals surface area contributed by atoms with Crippen molar-refractivity contribution in [3.8, 4) is 22.4 Å². The SMILES string of the molecule is CC[C@H]1OC(=O)C[C@@H](O)[C@H](C)[C@@H](O[C@@H]2O[C@@H](C)C(O)C(N(C)C)C2O)[C@@H](CC=O)C[C@@H](C)C(=O)/C=C/C(C)=C/[C@@H]1Cn1cc(-c2ccc(-c3ccccc3)cc2)nn1. The summed E-state index contributed by atoms with van der Waals surface area (Å²) in [4.78, 5) is 41.0. The molecule has 2 aromatic carbocycles. The summed E-state index contributed by atoms with van der Waals surface area (Å²) >= 11 is 0. The molecule has 3 N–H and O–H groups in total. The quantitative estimate of drug-likeness (QED) is 0.185. The first-order chi connectivity index (χ1) is 27.7. The van der Waals surface area contributed by atoms with Gasteiger partial charge in [-0.05, 0) is 63.9 Å². The zero-order chi connectivity index (χ0) is 42.1. The van der Waals surface area contributed by atoms with Crippen molar-refractivity contribution in [1.82, 2.24) is 19.9 Å². The second kappa shape index (κ2) is 20.5. The van der Waals surface area contributed by atoms with Crippen LogP contribution in [0, 0.1) is 23.7 Å². The molecule has 0 bridgehead atoms. The Kier molecular flexibility index (Phi) is 15.8. The Morgan fingerprint density at radius 1 is 0.948 bits per heavy atom. The number of aldehydes is 1. The molecule has 12 atom stereocenters. The molecule has 3 unspecified atom stereocenters. The number of hydrogen-bond donors (Lipinski definition) is 3. The minimum Gasteiger partial charge on any atom is -0.462 e. The first-order valence-corrected chi connectivity index (χ1v) is 20.3. The fourth-order valence-electron chi connectivity index (χ4n) is 8.13. The van der Waals surface area contributed by atoms with Crippen LogP contribution in [0.25, 0.3) is 22.4 Å². The van der Waals surface area contributed by atoms with E-state index in [1.807, 2.05) is 68.6 Å². The fraction of sp³-hybridized carbons (Fsp3) is 0.533. The molecule has 3 heterocycles. The molecular formula is C45H60N4O9. The van der Waals surface area contributed by atoms with Gasteiger partial charge in [0.15, 0.2) is 12.1 Å². The van der Waals surface area contributed by atoms with Crippen LogP contribution in [0.3, 0.4) is 0 Å². The molecule has 0 saturated carbocycles. The van der Waals surface area contributed by atoms with Gasteiger partial charge in [0.25, 0.3) is 0 Å². The number of aliphatic hydroxyl groups is 3. The molecular weight excluding hydrogens is 741 g/mol. The number of benzene rings is 2. The van der Waals surface area contributed by atoms with E-state index in [4.69, 9.17) is 14.2 Å². The van der Waals surface area contributed by atoms with Crippen molar-refractivity contribution in [2.75, 3.05) is 14.1 Å². The van der Waals surface area contributed by atoms with Crippen LogP contribution in [0.4, 0.5) is 0 Å². The van der Waals surface area contributed by atoms with E-state index < -0.39 is 72.7 Å². The molecule has 2 aliphatic heterocycles. The summed E-state index contributed by atoms with van der Waals surface area (Å²) in [6.45, 7) is 9.27. The number of rotatable bonds is 10. The van der Waals surface area contributed by atoms with E-state index >= 15 is 0 Å². The van der Waals surface area contributed by atoms with Crippen LogP contribution in [0.1, 0.15) is 60.3 Å². The second-order valence-corrected chi connectivity index (χ2v) is 16.2. The fourth-order valence-corrected chi connectivity index (χ4v) is 8.13. The van der Waals surface area contributed by atoms with Gasteiger partial charge in [-0.25, -0.2) is 0 Å². The van der Waals surface area contributed by atoms with Crippen molar-refractivity contribution in [2.24, 2.45) is 23.7 Å². The lowest BCUT2D eigenvalue weighted by Crippen LogP contribution is -2.63. The lowest BCUT2D eigenvalue weighted by molar-refractivity contribution is -0.304. The number of cyclic esters (lactones) is 1. The average Bonchev–Trinajstić information content (AvgIpc) is 3.67. The van der Waals surface area contributed by atoms with Crippen molar-refractivity contribution >= 4 is 18.0 Å². The standard InChI is InChI=1S/C45H60N4O9/c1-8-39-35(25-49-26-36(46-47-49)33-17-15-32(16-18-33)31-12-10-9-11-13-31)22-27(2)14-19-37(51)28(3)23-34(20-21-50)44(29(4)38(52)24-40(53)57-39)58-45-43(55)41(48(6)7)42(54)30(5)56-45/h9-19,21-22,26,28-30,34-35,38-39,41-45,52,54-55H,8,20,23-25H2,1-7H3/b19-14+,27-22+/t28-,29+,30+,34+,35-,38-,39-,41?,42?,43?,44-,45+/m1/s1. The summed E-state index contributed by atoms with van der Waals surface area (Å²) in [7, 11) is 3.46. The van der Waals surface area contributed by atoms with Crippen molar-refractivity contribution in [3.05, 3.63) is 84.6 Å². The highest BCUT2D eigenvalue weighted by molar-refractivity contribution is 5.91. The van der Waals surface area contributed by atoms with Gasteiger partial charge in [0.1, 0.15) is 24.2 Å². The number of aromatic nitrogens is 3. The topological polar surface area (TPSA) is 174 Å². The molecule has 58 heavy (non-hydrogen) atoms. The van der Waals surface area contributed by atoms with Gasteiger partial charge in [-0.2, -0.15) is 0 Å². The van der Waals surface area contributed by atoms with Crippen LogP contribution in [0.2, 0.25) is 0 Å². The third-order valence-corrected chi connectivity index (χ3v) is 11.6. The Bertz CT molecular complexity index is 1860. The number of nitrogens with zero attached hydrogens (tertiary/aromatic N) is 4. The Balaban J connectivity index is 1.41. The molecule has 0 amide bonds. The second-order valence-electron chi connectivity index (χ2n) is 16.2. The maximum Gasteiger partial charge on any atom is 0.308 e. The van der Waals surface area contributed by atoms with Gasteiger partial charge < -0.3 is 39.2 Å². The summed E-state index contributed by atoms with van der Waals surface area (Å²) in [6, 6.07) is 17.5. The van der Waals surface area contributed by atoms with Gasteiger partial charge in [-0.3, -0.25) is 14.3 Å². The van der Waals surface area contributed by atoms with Crippen molar-refractivity contribution in [3.63, 3.8) is 0 Å². The molecule has 13 nitrogen and oxygen atoms in total. The highest BCUT2D eigenvalue weighted by Crippen LogP contribution is 2.34. The summed E-state index contributed by atoms with van der Waals surface area (Å²) in [5, 5.41) is 42.6. The Hall–Kier alpha value is -4.37.